The summed E-state index contributed by atoms with van der Waals surface area (Å²) in [6.07, 6.45) is 4.14. The average molecular weight is 297 g/mol. The molecule has 0 saturated carbocycles. The summed E-state index contributed by atoms with van der Waals surface area (Å²) in [5.74, 6) is 1.73. The molecule has 0 spiro atoms. The largest absolute Gasteiger partial charge is 0.356 e. The summed E-state index contributed by atoms with van der Waals surface area (Å²) in [6.45, 7) is 2.03. The molecule has 17 heavy (non-hydrogen) atoms. The van der Waals surface area contributed by atoms with Crippen molar-refractivity contribution in [3.8, 4) is 11.6 Å². The van der Waals surface area contributed by atoms with Crippen LogP contribution < -0.4 is 5.32 Å². The molecule has 90 valence electrons. The van der Waals surface area contributed by atoms with Gasteiger partial charge in [0, 0.05) is 23.1 Å². The number of piperidine rings is 1. The van der Waals surface area contributed by atoms with Crippen LogP contribution in [0.2, 0.25) is 0 Å². The summed E-state index contributed by atoms with van der Waals surface area (Å²) in [6, 6.07) is 1.93. The molecule has 1 unspecified atom stereocenters. The highest BCUT2D eigenvalue weighted by atomic mass is 79.9. The molecule has 1 aliphatic heterocycles. The van der Waals surface area contributed by atoms with E-state index in [-0.39, 0.29) is 0 Å². The van der Waals surface area contributed by atoms with Gasteiger partial charge < -0.3 is 14.8 Å². The molecule has 0 amide bonds. The second-order valence-electron chi connectivity index (χ2n) is 4.23. The lowest BCUT2D eigenvalue weighted by molar-refractivity contribution is 0.392. The van der Waals surface area contributed by atoms with Gasteiger partial charge in [-0.1, -0.05) is 5.16 Å². The molecule has 1 atom stereocenters. The third-order valence-electron chi connectivity index (χ3n) is 2.98. The lowest BCUT2D eigenvalue weighted by atomic mass is 9.99. The van der Waals surface area contributed by atoms with Crippen LogP contribution in [0.4, 0.5) is 0 Å². The molecular weight excluding hydrogens is 284 g/mol. The molecule has 3 rings (SSSR count). The highest BCUT2D eigenvalue weighted by molar-refractivity contribution is 9.10. The Morgan fingerprint density at radius 3 is 3.12 bits per heavy atom. The number of aromatic amines is 1. The number of nitrogens with one attached hydrogen (secondary N) is 2. The number of halogens is 1. The van der Waals surface area contributed by atoms with E-state index in [1.54, 1.807) is 0 Å². The van der Waals surface area contributed by atoms with Crippen LogP contribution in [0.3, 0.4) is 0 Å². The fraction of sp³-hybridized carbons (Fsp3) is 0.455. The minimum Gasteiger partial charge on any atom is -0.356 e. The smallest absolute Gasteiger partial charge is 0.274 e. The molecule has 1 fully saturated rings. The van der Waals surface area contributed by atoms with Gasteiger partial charge in [-0.3, -0.25) is 0 Å². The lowest BCUT2D eigenvalue weighted by Gasteiger charge is -2.19. The van der Waals surface area contributed by atoms with Gasteiger partial charge in [-0.15, -0.1) is 0 Å². The lowest BCUT2D eigenvalue weighted by Crippen LogP contribution is -2.28. The third-order valence-corrected chi connectivity index (χ3v) is 3.44. The Balaban J connectivity index is 1.82. The van der Waals surface area contributed by atoms with Crippen molar-refractivity contribution < 1.29 is 4.52 Å². The van der Waals surface area contributed by atoms with Crippen molar-refractivity contribution in [3.05, 3.63) is 22.6 Å². The van der Waals surface area contributed by atoms with Crippen LogP contribution in [0.15, 0.2) is 21.3 Å². The van der Waals surface area contributed by atoms with E-state index in [1.807, 2.05) is 12.3 Å². The molecule has 5 nitrogen and oxygen atoms in total. The summed E-state index contributed by atoms with van der Waals surface area (Å²) in [5.41, 5.74) is 0.847. The Kier molecular flexibility index (Phi) is 2.98. The van der Waals surface area contributed by atoms with Crippen LogP contribution in [0.25, 0.3) is 11.6 Å². The van der Waals surface area contributed by atoms with Crippen molar-refractivity contribution in [1.29, 1.82) is 0 Å². The zero-order valence-electron chi connectivity index (χ0n) is 9.24. The highest BCUT2D eigenvalue weighted by Crippen LogP contribution is 2.25. The van der Waals surface area contributed by atoms with Crippen molar-refractivity contribution in [2.24, 2.45) is 0 Å². The van der Waals surface area contributed by atoms with Gasteiger partial charge in [0.1, 0.15) is 5.69 Å². The van der Waals surface area contributed by atoms with Crippen molar-refractivity contribution in [3.63, 3.8) is 0 Å². The maximum Gasteiger partial charge on any atom is 0.274 e. The number of hydrogen-bond acceptors (Lipinski definition) is 4. The van der Waals surface area contributed by atoms with Crippen LogP contribution in [-0.2, 0) is 0 Å². The molecule has 0 bridgehead atoms. The molecule has 0 radical (unpaired) electrons. The van der Waals surface area contributed by atoms with Crippen LogP contribution >= 0.6 is 15.9 Å². The van der Waals surface area contributed by atoms with Crippen LogP contribution in [0, 0.1) is 0 Å². The van der Waals surface area contributed by atoms with Gasteiger partial charge in [-0.25, -0.2) is 0 Å². The second kappa shape index (κ2) is 4.62. The fourth-order valence-corrected chi connectivity index (χ4v) is 2.42. The summed E-state index contributed by atoms with van der Waals surface area (Å²) in [7, 11) is 0. The van der Waals surface area contributed by atoms with Crippen LogP contribution in [0.1, 0.15) is 24.6 Å². The second-order valence-corrected chi connectivity index (χ2v) is 5.15. The minimum absolute atomic E-state index is 0.375. The molecule has 2 aromatic heterocycles. The Bertz CT molecular complexity index is 501. The topological polar surface area (TPSA) is 66.7 Å². The molecule has 2 aromatic rings. The Hall–Kier alpha value is -1.14. The normalized spacial score (nSPS) is 20.6. The molecule has 0 aliphatic carbocycles. The van der Waals surface area contributed by atoms with Gasteiger partial charge >= 0.3 is 0 Å². The molecule has 2 N–H and O–H groups in total. The third kappa shape index (κ3) is 2.28. The predicted molar refractivity (Wildman–Crippen MR) is 66.6 cm³/mol. The van der Waals surface area contributed by atoms with E-state index in [0.29, 0.717) is 11.8 Å². The van der Waals surface area contributed by atoms with E-state index < -0.39 is 0 Å². The summed E-state index contributed by atoms with van der Waals surface area (Å²) < 4.78 is 6.25. The van der Waals surface area contributed by atoms with E-state index in [4.69, 9.17) is 4.52 Å². The van der Waals surface area contributed by atoms with E-state index >= 15 is 0 Å². The van der Waals surface area contributed by atoms with E-state index in [9.17, 15) is 0 Å². The minimum atomic E-state index is 0.375. The van der Waals surface area contributed by atoms with Crippen molar-refractivity contribution in [2.45, 2.75) is 18.8 Å². The first kappa shape index (κ1) is 11.0. The molecule has 3 heterocycles. The number of rotatable bonds is 2. The fourth-order valence-electron chi connectivity index (χ4n) is 2.07. The SMILES string of the molecule is Brc1c[nH]c(-c2nc(C3CCCNC3)no2)c1. The van der Waals surface area contributed by atoms with Gasteiger partial charge in [0.05, 0.1) is 0 Å². The molecule has 0 aromatic carbocycles. The predicted octanol–water partition coefficient (Wildman–Crippen LogP) is 2.29. The average Bonchev–Trinajstić information content (AvgIpc) is 2.98. The quantitative estimate of drug-likeness (QED) is 0.892. The Morgan fingerprint density at radius 2 is 2.41 bits per heavy atom. The molecule has 1 saturated heterocycles. The van der Waals surface area contributed by atoms with Gasteiger partial charge in [0.15, 0.2) is 5.82 Å². The first-order valence-corrected chi connectivity index (χ1v) is 6.51. The first-order chi connectivity index (χ1) is 8.33. The Labute approximate surface area is 107 Å². The van der Waals surface area contributed by atoms with Gasteiger partial charge in [0.25, 0.3) is 5.89 Å². The molecule has 6 heteroatoms. The van der Waals surface area contributed by atoms with Crippen molar-refractivity contribution in [2.75, 3.05) is 13.1 Å². The van der Waals surface area contributed by atoms with E-state index in [1.165, 1.54) is 6.42 Å². The standard InChI is InChI=1S/C11H13BrN4O/c12-8-4-9(14-6-8)11-15-10(16-17-11)7-2-1-3-13-5-7/h4,6-7,13-14H,1-3,5H2. The monoisotopic (exact) mass is 296 g/mol. The zero-order chi connectivity index (χ0) is 11.7. The maximum atomic E-state index is 5.28. The summed E-state index contributed by atoms with van der Waals surface area (Å²) in [5, 5.41) is 7.41. The van der Waals surface area contributed by atoms with E-state index in [0.717, 1.165) is 35.5 Å². The summed E-state index contributed by atoms with van der Waals surface area (Å²) >= 11 is 3.38. The molecule has 1 aliphatic rings. The van der Waals surface area contributed by atoms with Gasteiger partial charge in [0.2, 0.25) is 0 Å². The first-order valence-electron chi connectivity index (χ1n) is 5.71. The number of aromatic nitrogens is 3. The van der Waals surface area contributed by atoms with Crippen molar-refractivity contribution >= 4 is 15.9 Å². The number of H-pyrrole nitrogens is 1. The highest BCUT2D eigenvalue weighted by Gasteiger charge is 2.21. The maximum absolute atomic E-state index is 5.28. The Morgan fingerprint density at radius 1 is 1.47 bits per heavy atom. The van der Waals surface area contributed by atoms with E-state index in [2.05, 4.69) is 36.4 Å². The van der Waals surface area contributed by atoms with Crippen LogP contribution in [0.5, 0.6) is 0 Å². The number of nitrogens with zero attached hydrogens (tertiary/aromatic N) is 2. The van der Waals surface area contributed by atoms with Crippen molar-refractivity contribution in [1.82, 2.24) is 20.4 Å². The van der Waals surface area contributed by atoms with Gasteiger partial charge in [-0.05, 0) is 41.4 Å². The summed E-state index contributed by atoms with van der Waals surface area (Å²) in [4.78, 5) is 7.53. The van der Waals surface area contributed by atoms with Crippen LogP contribution in [-0.4, -0.2) is 28.2 Å². The molecular formula is C11H13BrN4O. The van der Waals surface area contributed by atoms with Gasteiger partial charge in [-0.2, -0.15) is 4.98 Å². The number of hydrogen-bond donors (Lipinski definition) is 2. The zero-order valence-corrected chi connectivity index (χ0v) is 10.8.